The number of carbonyl (C=O) groups is 1. The van der Waals surface area contributed by atoms with Crippen LogP contribution in [0.25, 0.3) is 0 Å². The molecule has 4 nitrogen and oxygen atoms in total. The largest absolute Gasteiger partial charge is 0.380 e. The van der Waals surface area contributed by atoms with Gasteiger partial charge in [-0.3, -0.25) is 0 Å². The van der Waals surface area contributed by atoms with E-state index >= 15 is 0 Å². The molecule has 0 bridgehead atoms. The summed E-state index contributed by atoms with van der Waals surface area (Å²) in [5.41, 5.74) is 7.68. The predicted molar refractivity (Wildman–Crippen MR) is 89.8 cm³/mol. The highest BCUT2D eigenvalue weighted by Crippen LogP contribution is 2.24. The Kier molecular flexibility index (Phi) is 5.61. The van der Waals surface area contributed by atoms with E-state index in [0.29, 0.717) is 5.56 Å². The van der Waals surface area contributed by atoms with Crippen molar-refractivity contribution < 1.29 is 9.63 Å². The summed E-state index contributed by atoms with van der Waals surface area (Å²) in [6.45, 7) is 3.80. The Morgan fingerprint density at radius 2 is 1.77 bits per heavy atom. The van der Waals surface area contributed by atoms with E-state index in [0.717, 1.165) is 4.90 Å². The van der Waals surface area contributed by atoms with Crippen molar-refractivity contribution in [1.29, 1.82) is 0 Å². The summed E-state index contributed by atoms with van der Waals surface area (Å²) in [7, 11) is 0. The Balaban J connectivity index is 1.92. The molecule has 114 valence electrons. The molecule has 0 aliphatic heterocycles. The molecule has 2 aromatic carbocycles. The Labute approximate surface area is 134 Å². The van der Waals surface area contributed by atoms with E-state index in [1.807, 2.05) is 49.4 Å². The van der Waals surface area contributed by atoms with Crippen LogP contribution >= 0.6 is 11.8 Å². The normalized spacial score (nSPS) is 12.7. The van der Waals surface area contributed by atoms with Gasteiger partial charge >= 0.3 is 5.97 Å². The number of hydrogen-bond acceptors (Lipinski definition) is 4. The Morgan fingerprint density at radius 3 is 2.41 bits per heavy atom. The molecular formula is C17H18N2O2S. The number of carbonyl (C=O) groups excluding carboxylic acids is 1. The summed E-state index contributed by atoms with van der Waals surface area (Å²) in [5.74, 6) is -0.244. The number of benzene rings is 2. The molecule has 0 saturated heterocycles. The van der Waals surface area contributed by atoms with Crippen LogP contribution in [0.3, 0.4) is 0 Å². The molecule has 22 heavy (non-hydrogen) atoms. The number of hydrogen-bond donors (Lipinski definition) is 1. The lowest BCUT2D eigenvalue weighted by molar-refractivity contribution is -0.142. The minimum Gasteiger partial charge on any atom is -0.380 e. The first-order valence-electron chi connectivity index (χ1n) is 6.89. The van der Waals surface area contributed by atoms with Crippen LogP contribution in [0.15, 0.2) is 64.6 Å². The fraction of sp³-hybridized carbons (Fsp3) is 0.176. The van der Waals surface area contributed by atoms with Crippen LogP contribution in [0.4, 0.5) is 0 Å². The van der Waals surface area contributed by atoms with Gasteiger partial charge in [-0.1, -0.05) is 53.2 Å². The number of oxime groups is 1. The molecule has 1 atom stereocenters. The summed E-state index contributed by atoms with van der Waals surface area (Å²) in [4.78, 5) is 17.9. The van der Waals surface area contributed by atoms with Gasteiger partial charge in [0.2, 0.25) is 0 Å². The van der Waals surface area contributed by atoms with Gasteiger partial charge in [0.1, 0.15) is 5.25 Å². The maximum atomic E-state index is 11.9. The number of rotatable bonds is 5. The van der Waals surface area contributed by atoms with E-state index < -0.39 is 5.97 Å². The van der Waals surface area contributed by atoms with Crippen LogP contribution in [0.5, 0.6) is 0 Å². The molecule has 2 rings (SSSR count). The zero-order valence-corrected chi connectivity index (χ0v) is 13.3. The van der Waals surface area contributed by atoms with Gasteiger partial charge in [0, 0.05) is 10.5 Å². The fourth-order valence-corrected chi connectivity index (χ4v) is 2.54. The van der Waals surface area contributed by atoms with E-state index in [1.54, 1.807) is 19.1 Å². The molecule has 5 heteroatoms. The highest BCUT2D eigenvalue weighted by atomic mass is 32.2. The predicted octanol–water partition coefficient (Wildman–Crippen LogP) is 3.34. The van der Waals surface area contributed by atoms with Crippen LogP contribution in [-0.2, 0) is 9.63 Å². The zero-order valence-electron chi connectivity index (χ0n) is 12.5. The second-order valence-electron chi connectivity index (χ2n) is 4.83. The van der Waals surface area contributed by atoms with Crippen molar-refractivity contribution in [2.75, 3.05) is 0 Å². The maximum absolute atomic E-state index is 11.9. The van der Waals surface area contributed by atoms with Crippen LogP contribution < -0.4 is 5.73 Å². The molecule has 0 aliphatic rings. The van der Waals surface area contributed by atoms with Gasteiger partial charge in [0.15, 0.2) is 5.84 Å². The Hall–Kier alpha value is -2.27. The Bertz CT molecular complexity index is 654. The van der Waals surface area contributed by atoms with Crippen molar-refractivity contribution in [3.8, 4) is 0 Å². The summed E-state index contributed by atoms with van der Waals surface area (Å²) in [5, 5.41) is 3.34. The lowest BCUT2D eigenvalue weighted by atomic mass is 10.2. The zero-order chi connectivity index (χ0) is 15.9. The first kappa shape index (κ1) is 16.1. The monoisotopic (exact) mass is 314 g/mol. The van der Waals surface area contributed by atoms with Gasteiger partial charge in [-0.25, -0.2) is 4.79 Å². The summed E-state index contributed by atoms with van der Waals surface area (Å²) in [6.07, 6.45) is 0. The average molecular weight is 314 g/mol. The van der Waals surface area contributed by atoms with E-state index in [4.69, 9.17) is 10.6 Å². The molecule has 0 unspecified atom stereocenters. The van der Waals surface area contributed by atoms with Gasteiger partial charge in [0.05, 0.1) is 0 Å². The molecular weight excluding hydrogens is 296 g/mol. The van der Waals surface area contributed by atoms with E-state index in [1.165, 1.54) is 17.3 Å². The number of aryl methyl sites for hydroxylation is 1. The third-order valence-electron chi connectivity index (χ3n) is 2.97. The van der Waals surface area contributed by atoms with Crippen molar-refractivity contribution in [1.82, 2.24) is 0 Å². The molecule has 0 saturated carbocycles. The second kappa shape index (κ2) is 7.66. The van der Waals surface area contributed by atoms with E-state index in [-0.39, 0.29) is 11.1 Å². The van der Waals surface area contributed by atoms with Crippen LogP contribution in [0.1, 0.15) is 18.1 Å². The van der Waals surface area contributed by atoms with Crippen molar-refractivity contribution in [2.24, 2.45) is 10.9 Å². The van der Waals surface area contributed by atoms with Gasteiger partial charge in [-0.05, 0) is 26.0 Å². The topological polar surface area (TPSA) is 64.7 Å². The van der Waals surface area contributed by atoms with E-state index in [2.05, 4.69) is 5.16 Å². The number of nitrogens with zero attached hydrogens (tertiary/aromatic N) is 1. The van der Waals surface area contributed by atoms with Crippen molar-refractivity contribution in [3.05, 3.63) is 65.7 Å². The second-order valence-corrected chi connectivity index (χ2v) is 6.24. The number of thioether (sulfide) groups is 1. The molecule has 0 amide bonds. The van der Waals surface area contributed by atoms with Gasteiger partial charge in [-0.15, -0.1) is 11.8 Å². The van der Waals surface area contributed by atoms with E-state index in [9.17, 15) is 4.79 Å². The van der Waals surface area contributed by atoms with Crippen molar-refractivity contribution in [3.63, 3.8) is 0 Å². The van der Waals surface area contributed by atoms with Crippen LogP contribution in [0.2, 0.25) is 0 Å². The summed E-state index contributed by atoms with van der Waals surface area (Å²) in [6, 6.07) is 17.1. The number of amidine groups is 1. The maximum Gasteiger partial charge on any atom is 0.348 e. The summed E-state index contributed by atoms with van der Waals surface area (Å²) >= 11 is 1.42. The fourth-order valence-electron chi connectivity index (χ4n) is 1.70. The lowest BCUT2D eigenvalue weighted by Gasteiger charge is -2.08. The first-order valence-corrected chi connectivity index (χ1v) is 7.77. The van der Waals surface area contributed by atoms with Gasteiger partial charge in [0.25, 0.3) is 0 Å². The average Bonchev–Trinajstić information content (AvgIpc) is 2.55. The van der Waals surface area contributed by atoms with Gasteiger partial charge in [-0.2, -0.15) is 0 Å². The van der Waals surface area contributed by atoms with Crippen molar-refractivity contribution >= 4 is 23.6 Å². The number of nitrogens with two attached hydrogens (primary N) is 1. The highest BCUT2D eigenvalue weighted by molar-refractivity contribution is 8.00. The van der Waals surface area contributed by atoms with Crippen molar-refractivity contribution in [2.45, 2.75) is 24.0 Å². The molecule has 2 aromatic rings. The van der Waals surface area contributed by atoms with Crippen LogP contribution in [-0.4, -0.2) is 17.1 Å². The standard InChI is InChI=1S/C17H18N2O2S/c1-12-8-10-15(11-9-12)22-13(2)17(20)21-19-16(18)14-6-4-3-5-7-14/h3-11,13H,1-2H3,(H2,18,19)/t13-/m1/s1. The molecule has 0 heterocycles. The first-order chi connectivity index (χ1) is 10.6. The lowest BCUT2D eigenvalue weighted by Crippen LogP contribution is -2.19. The molecule has 2 N–H and O–H groups in total. The Morgan fingerprint density at radius 1 is 1.14 bits per heavy atom. The minimum atomic E-state index is -0.426. The SMILES string of the molecule is Cc1ccc(S[C@H](C)C(=O)O/N=C(/N)c2ccccc2)cc1. The van der Waals surface area contributed by atoms with Gasteiger partial charge < -0.3 is 10.6 Å². The molecule has 0 aromatic heterocycles. The molecule has 0 aliphatic carbocycles. The molecule has 0 fully saturated rings. The molecule has 0 radical (unpaired) electrons. The third kappa shape index (κ3) is 4.63. The highest BCUT2D eigenvalue weighted by Gasteiger charge is 2.16. The summed E-state index contributed by atoms with van der Waals surface area (Å²) < 4.78 is 0. The minimum absolute atomic E-state index is 0.182. The third-order valence-corrected chi connectivity index (χ3v) is 4.06. The quantitative estimate of drug-likeness (QED) is 0.302. The van der Waals surface area contributed by atoms with Crippen LogP contribution in [0, 0.1) is 6.92 Å². The smallest absolute Gasteiger partial charge is 0.348 e. The molecule has 0 spiro atoms.